The van der Waals surface area contributed by atoms with Crippen molar-refractivity contribution in [1.29, 1.82) is 0 Å². The van der Waals surface area contributed by atoms with Gasteiger partial charge in [-0.1, -0.05) is 12.1 Å². The van der Waals surface area contributed by atoms with Gasteiger partial charge in [0.2, 0.25) is 0 Å². The second kappa shape index (κ2) is 5.21. The highest BCUT2D eigenvalue weighted by Crippen LogP contribution is 2.27. The summed E-state index contributed by atoms with van der Waals surface area (Å²) < 4.78 is 18.8. The number of ether oxygens (including phenoxy) is 1. The van der Waals surface area contributed by atoms with E-state index in [0.29, 0.717) is 12.3 Å². The molecule has 0 aliphatic carbocycles. The number of anilines is 2. The number of fused-ring (bicyclic) bond motifs is 1. The van der Waals surface area contributed by atoms with Crippen LogP contribution in [0, 0.1) is 5.82 Å². The van der Waals surface area contributed by atoms with Gasteiger partial charge in [-0.05, 0) is 35.9 Å². The molecule has 1 aliphatic heterocycles. The first-order valence-corrected chi connectivity index (χ1v) is 6.30. The van der Waals surface area contributed by atoms with Crippen molar-refractivity contribution in [2.45, 2.75) is 6.42 Å². The molecular weight excluding hydrogens is 259 g/mol. The van der Waals surface area contributed by atoms with E-state index in [-0.39, 0.29) is 5.69 Å². The maximum Gasteiger partial charge on any atom is 0.323 e. The normalized spacial score (nSPS) is 12.4. The highest BCUT2D eigenvalue weighted by Gasteiger charge is 2.13. The molecule has 1 aliphatic rings. The van der Waals surface area contributed by atoms with Crippen LogP contribution in [-0.2, 0) is 6.42 Å². The van der Waals surface area contributed by atoms with Gasteiger partial charge in [0.1, 0.15) is 11.6 Å². The summed E-state index contributed by atoms with van der Waals surface area (Å²) in [4.78, 5) is 11.8. The molecule has 0 atom stereocenters. The van der Waals surface area contributed by atoms with Crippen LogP contribution < -0.4 is 15.4 Å². The van der Waals surface area contributed by atoms with Gasteiger partial charge >= 0.3 is 6.03 Å². The standard InChI is InChI=1S/C15H13FN2O2/c16-12-3-1-2-4-13(12)18-15(19)17-11-5-6-14-10(9-11)7-8-20-14/h1-6,9H,7-8H2,(H2,17,18,19). The molecule has 0 saturated carbocycles. The Balaban J connectivity index is 1.69. The van der Waals surface area contributed by atoms with E-state index in [9.17, 15) is 9.18 Å². The number of urea groups is 1. The molecule has 2 amide bonds. The van der Waals surface area contributed by atoms with Crippen molar-refractivity contribution in [3.8, 4) is 5.75 Å². The third-order valence-corrected chi connectivity index (χ3v) is 3.07. The topological polar surface area (TPSA) is 50.4 Å². The van der Waals surface area contributed by atoms with Gasteiger partial charge in [-0.25, -0.2) is 9.18 Å². The molecule has 20 heavy (non-hydrogen) atoms. The summed E-state index contributed by atoms with van der Waals surface area (Å²) in [6.07, 6.45) is 0.833. The summed E-state index contributed by atoms with van der Waals surface area (Å²) in [6.45, 7) is 0.667. The lowest BCUT2D eigenvalue weighted by atomic mass is 10.1. The van der Waals surface area contributed by atoms with Crippen LogP contribution in [0.5, 0.6) is 5.75 Å². The van der Waals surface area contributed by atoms with Gasteiger partial charge in [0.05, 0.1) is 12.3 Å². The van der Waals surface area contributed by atoms with Gasteiger partial charge in [-0.3, -0.25) is 0 Å². The van der Waals surface area contributed by atoms with E-state index >= 15 is 0 Å². The third-order valence-electron chi connectivity index (χ3n) is 3.07. The lowest BCUT2D eigenvalue weighted by molar-refractivity contribution is 0.262. The summed E-state index contributed by atoms with van der Waals surface area (Å²) >= 11 is 0. The Hall–Kier alpha value is -2.56. The predicted molar refractivity (Wildman–Crippen MR) is 74.7 cm³/mol. The largest absolute Gasteiger partial charge is 0.493 e. The molecule has 2 aromatic carbocycles. The Kier molecular flexibility index (Phi) is 3.25. The summed E-state index contributed by atoms with van der Waals surface area (Å²) in [5.41, 5.74) is 1.87. The monoisotopic (exact) mass is 272 g/mol. The van der Waals surface area contributed by atoms with Crippen LogP contribution in [0.15, 0.2) is 42.5 Å². The molecule has 0 fully saturated rings. The fourth-order valence-electron chi connectivity index (χ4n) is 2.11. The zero-order chi connectivity index (χ0) is 13.9. The average Bonchev–Trinajstić information content (AvgIpc) is 2.89. The molecule has 5 heteroatoms. The maximum atomic E-state index is 13.4. The minimum Gasteiger partial charge on any atom is -0.493 e. The van der Waals surface area contributed by atoms with Crippen molar-refractivity contribution >= 4 is 17.4 Å². The molecule has 102 valence electrons. The summed E-state index contributed by atoms with van der Waals surface area (Å²) in [6, 6.07) is 11.0. The summed E-state index contributed by atoms with van der Waals surface area (Å²) in [5, 5.41) is 5.15. The highest BCUT2D eigenvalue weighted by atomic mass is 19.1. The van der Waals surface area contributed by atoms with E-state index in [4.69, 9.17) is 4.74 Å². The van der Waals surface area contributed by atoms with Crippen molar-refractivity contribution in [3.63, 3.8) is 0 Å². The third kappa shape index (κ3) is 2.56. The Bertz CT molecular complexity index is 658. The minimum atomic E-state index is -0.478. The zero-order valence-electron chi connectivity index (χ0n) is 10.7. The van der Waals surface area contributed by atoms with Gasteiger partial charge in [0, 0.05) is 12.1 Å². The van der Waals surface area contributed by atoms with Crippen molar-refractivity contribution in [2.24, 2.45) is 0 Å². The van der Waals surface area contributed by atoms with E-state index in [1.54, 1.807) is 18.2 Å². The first-order chi connectivity index (χ1) is 9.72. The number of nitrogens with one attached hydrogen (secondary N) is 2. The number of amides is 2. The van der Waals surface area contributed by atoms with Gasteiger partial charge < -0.3 is 15.4 Å². The summed E-state index contributed by atoms with van der Waals surface area (Å²) in [5.74, 6) is 0.384. The molecule has 2 N–H and O–H groups in total. The number of rotatable bonds is 2. The fourth-order valence-corrected chi connectivity index (χ4v) is 2.11. The van der Waals surface area contributed by atoms with E-state index in [1.165, 1.54) is 12.1 Å². The van der Waals surface area contributed by atoms with Crippen LogP contribution in [0.25, 0.3) is 0 Å². The molecule has 3 rings (SSSR count). The highest BCUT2D eigenvalue weighted by molar-refractivity contribution is 5.99. The number of para-hydroxylation sites is 1. The molecule has 0 unspecified atom stereocenters. The van der Waals surface area contributed by atoms with Gasteiger partial charge in [0.25, 0.3) is 0 Å². The van der Waals surface area contributed by atoms with E-state index in [0.717, 1.165) is 17.7 Å². The SMILES string of the molecule is O=C(Nc1ccc2c(c1)CCO2)Nc1ccccc1F. The zero-order valence-corrected chi connectivity index (χ0v) is 10.7. The molecule has 0 saturated heterocycles. The van der Waals surface area contributed by atoms with Crippen LogP contribution in [0.4, 0.5) is 20.6 Å². The van der Waals surface area contributed by atoms with Crippen molar-refractivity contribution in [2.75, 3.05) is 17.2 Å². The van der Waals surface area contributed by atoms with Gasteiger partial charge in [0.15, 0.2) is 0 Å². The van der Waals surface area contributed by atoms with E-state index < -0.39 is 11.8 Å². The molecule has 0 bridgehead atoms. The maximum absolute atomic E-state index is 13.4. The first kappa shape index (κ1) is 12.5. The Morgan fingerprint density at radius 1 is 1.15 bits per heavy atom. The first-order valence-electron chi connectivity index (χ1n) is 6.30. The second-order valence-corrected chi connectivity index (χ2v) is 4.48. The molecule has 0 aromatic heterocycles. The van der Waals surface area contributed by atoms with E-state index in [2.05, 4.69) is 10.6 Å². The Morgan fingerprint density at radius 2 is 2.00 bits per heavy atom. The van der Waals surface area contributed by atoms with Crippen LogP contribution in [-0.4, -0.2) is 12.6 Å². The molecule has 4 nitrogen and oxygen atoms in total. The van der Waals surface area contributed by atoms with Crippen LogP contribution in [0.2, 0.25) is 0 Å². The fraction of sp³-hybridized carbons (Fsp3) is 0.133. The van der Waals surface area contributed by atoms with Crippen LogP contribution in [0.1, 0.15) is 5.56 Å². The van der Waals surface area contributed by atoms with Crippen molar-refractivity contribution in [3.05, 3.63) is 53.8 Å². The minimum absolute atomic E-state index is 0.148. The molecule has 2 aromatic rings. The number of hydrogen-bond donors (Lipinski definition) is 2. The van der Waals surface area contributed by atoms with Crippen LogP contribution >= 0.6 is 0 Å². The Morgan fingerprint density at radius 3 is 2.85 bits per heavy atom. The lowest BCUT2D eigenvalue weighted by Crippen LogP contribution is -2.20. The van der Waals surface area contributed by atoms with Crippen molar-refractivity contribution in [1.82, 2.24) is 0 Å². The van der Waals surface area contributed by atoms with Gasteiger partial charge in [-0.2, -0.15) is 0 Å². The smallest absolute Gasteiger partial charge is 0.323 e. The quantitative estimate of drug-likeness (QED) is 0.880. The predicted octanol–water partition coefficient (Wildman–Crippen LogP) is 3.40. The molecule has 1 heterocycles. The molecule has 0 spiro atoms. The molecule has 0 radical (unpaired) electrons. The Labute approximate surface area is 115 Å². The number of benzene rings is 2. The molecular formula is C15H13FN2O2. The number of halogens is 1. The summed E-state index contributed by atoms with van der Waals surface area (Å²) in [7, 11) is 0. The number of hydrogen-bond acceptors (Lipinski definition) is 2. The average molecular weight is 272 g/mol. The second-order valence-electron chi connectivity index (χ2n) is 4.48. The number of carbonyl (C=O) groups excluding carboxylic acids is 1. The number of carbonyl (C=O) groups is 1. The lowest BCUT2D eigenvalue weighted by Gasteiger charge is -2.09. The van der Waals surface area contributed by atoms with Crippen molar-refractivity contribution < 1.29 is 13.9 Å². The van der Waals surface area contributed by atoms with Gasteiger partial charge in [-0.15, -0.1) is 0 Å². The van der Waals surface area contributed by atoms with E-state index in [1.807, 2.05) is 12.1 Å². The van der Waals surface area contributed by atoms with Crippen LogP contribution in [0.3, 0.4) is 0 Å².